The number of primary sulfonamides is 1. The highest BCUT2D eigenvalue weighted by atomic mass is 32.2. The Hall–Kier alpha value is -3.09. The van der Waals surface area contributed by atoms with Gasteiger partial charge in [0.25, 0.3) is 0 Å². The Morgan fingerprint density at radius 2 is 1.77 bits per heavy atom. The molecule has 218 valence electrons. The lowest BCUT2D eigenvalue weighted by Crippen LogP contribution is -2.23. The number of fused-ring (bicyclic) bond motifs is 1. The molecule has 0 radical (unpaired) electrons. The summed E-state index contributed by atoms with van der Waals surface area (Å²) in [5, 5.41) is 19.8. The Morgan fingerprint density at radius 1 is 1.02 bits per heavy atom. The first-order chi connectivity index (χ1) is 19.1. The van der Waals surface area contributed by atoms with Gasteiger partial charge in [0.2, 0.25) is 15.6 Å². The van der Waals surface area contributed by atoms with Gasteiger partial charge in [-0.2, -0.15) is 0 Å². The normalized spacial score (nSPS) is 12.5. The van der Waals surface area contributed by atoms with Crippen LogP contribution in [0.3, 0.4) is 0 Å². The Balaban J connectivity index is 1.25. The van der Waals surface area contributed by atoms with E-state index in [0.29, 0.717) is 36.2 Å². The number of aliphatic hydroxyl groups is 1. The van der Waals surface area contributed by atoms with Crippen LogP contribution in [0.5, 0.6) is 5.75 Å². The summed E-state index contributed by atoms with van der Waals surface area (Å²) >= 11 is 0. The first kappa shape index (κ1) is 31.4. The third-order valence-electron chi connectivity index (χ3n) is 6.46. The van der Waals surface area contributed by atoms with E-state index in [-0.39, 0.29) is 16.2 Å². The van der Waals surface area contributed by atoms with Crippen molar-refractivity contribution < 1.29 is 27.8 Å². The molecular weight excluding hydrogens is 534 g/mol. The molecule has 0 amide bonds. The molecule has 0 fully saturated rings. The molecule has 0 saturated carbocycles. The van der Waals surface area contributed by atoms with Crippen molar-refractivity contribution in [3.8, 4) is 5.75 Å². The number of aromatic amines is 1. The number of aryl methyl sites for hydroxylation is 1. The number of aromatic nitrogens is 1. The lowest BCUT2D eigenvalue weighted by Gasteiger charge is -2.16. The second-order valence-corrected chi connectivity index (χ2v) is 11.3. The number of carbonyl (C=O) groups excluding carboxylic acids is 1. The van der Waals surface area contributed by atoms with Crippen LogP contribution >= 0.6 is 0 Å². The van der Waals surface area contributed by atoms with Crippen LogP contribution in [0.2, 0.25) is 0 Å². The van der Waals surface area contributed by atoms with Crippen molar-refractivity contribution in [1.82, 2.24) is 10.3 Å². The van der Waals surface area contributed by atoms with E-state index in [1.54, 1.807) is 30.3 Å². The molecule has 40 heavy (non-hydrogen) atoms. The van der Waals surface area contributed by atoms with Crippen molar-refractivity contribution in [3.05, 3.63) is 70.0 Å². The molecule has 2 aromatic carbocycles. The lowest BCUT2D eigenvalue weighted by molar-refractivity contribution is -0.131. The summed E-state index contributed by atoms with van der Waals surface area (Å²) in [5.41, 5.74) is 1.66. The first-order valence-corrected chi connectivity index (χ1v) is 15.1. The molecule has 0 aliphatic carbocycles. The van der Waals surface area contributed by atoms with E-state index in [4.69, 9.17) is 14.6 Å². The second kappa shape index (κ2) is 15.6. The lowest BCUT2D eigenvalue weighted by atomic mass is 10.0. The number of nitrogens with two attached hydrogens (primary N) is 1. The summed E-state index contributed by atoms with van der Waals surface area (Å²) in [7, 11) is -3.67. The number of sulfonamides is 1. The molecule has 0 aliphatic heterocycles. The summed E-state index contributed by atoms with van der Waals surface area (Å²) in [6.07, 6.45) is 5.88. The fourth-order valence-corrected chi connectivity index (χ4v) is 5.03. The number of esters is 1. The van der Waals surface area contributed by atoms with E-state index >= 15 is 0 Å². The molecule has 1 heterocycles. The van der Waals surface area contributed by atoms with Gasteiger partial charge in [-0.15, -0.1) is 0 Å². The van der Waals surface area contributed by atoms with E-state index in [1.807, 2.05) is 6.07 Å². The molecule has 3 rings (SSSR count). The number of hydrogen-bond donors (Lipinski definition) is 4. The van der Waals surface area contributed by atoms with Crippen molar-refractivity contribution in [2.75, 3.05) is 26.3 Å². The zero-order valence-electron chi connectivity index (χ0n) is 22.9. The number of unbranched alkanes of at least 4 members (excludes halogenated alkanes) is 4. The van der Waals surface area contributed by atoms with Crippen LogP contribution in [-0.2, 0) is 26.0 Å². The Labute approximate surface area is 234 Å². The van der Waals surface area contributed by atoms with Gasteiger partial charge >= 0.3 is 5.97 Å². The van der Waals surface area contributed by atoms with Crippen molar-refractivity contribution in [2.45, 2.75) is 62.9 Å². The summed E-state index contributed by atoms with van der Waals surface area (Å²) in [6, 6.07) is 13.0. The average molecular weight is 574 g/mol. The maximum absolute atomic E-state index is 11.8. The van der Waals surface area contributed by atoms with E-state index in [2.05, 4.69) is 10.3 Å². The Morgan fingerprint density at radius 3 is 2.52 bits per heavy atom. The highest BCUT2D eigenvalue weighted by Gasteiger charge is 2.15. The fourth-order valence-electron chi connectivity index (χ4n) is 4.45. The number of carbonyl (C=O) groups is 1. The highest BCUT2D eigenvalue weighted by molar-refractivity contribution is 7.89. The number of pyridine rings is 1. The topological polar surface area (TPSA) is 161 Å². The molecule has 0 bridgehead atoms. The predicted octanol–water partition coefficient (Wildman–Crippen LogP) is 3.32. The average Bonchev–Trinajstić information content (AvgIpc) is 2.91. The van der Waals surface area contributed by atoms with E-state index in [0.717, 1.165) is 57.1 Å². The molecular formula is C29H39N3O7S. The largest absolute Gasteiger partial charge is 0.424 e. The molecule has 0 unspecified atom stereocenters. The summed E-state index contributed by atoms with van der Waals surface area (Å²) < 4.78 is 33.8. The van der Waals surface area contributed by atoms with Gasteiger partial charge in [0.05, 0.1) is 16.5 Å². The van der Waals surface area contributed by atoms with Crippen molar-refractivity contribution in [2.24, 2.45) is 5.14 Å². The standard InChI is InChI=1S/C29H39N3O7S/c1-21(33)39-27-14-12-24(25-13-15-28(35)32-29(25)27)26(34)20-31-16-5-2-3-6-17-38-18-7-4-9-22-10-8-11-23(19-22)40(30,36)37/h8,10-15,19,26,31,34H,2-7,9,16-18,20H2,1H3,(H,32,35)(H2,30,36,37)/t26-/m0/s1. The number of benzene rings is 2. The zero-order valence-corrected chi connectivity index (χ0v) is 23.7. The minimum absolute atomic E-state index is 0.146. The van der Waals surface area contributed by atoms with Gasteiger partial charge in [-0.25, -0.2) is 13.6 Å². The molecule has 0 aliphatic rings. The van der Waals surface area contributed by atoms with Crippen molar-refractivity contribution in [3.63, 3.8) is 0 Å². The molecule has 1 atom stereocenters. The number of rotatable bonds is 17. The smallest absolute Gasteiger partial charge is 0.308 e. The minimum Gasteiger partial charge on any atom is -0.424 e. The van der Waals surface area contributed by atoms with Gasteiger partial charge in [0.1, 0.15) is 0 Å². The monoisotopic (exact) mass is 573 g/mol. The van der Waals surface area contributed by atoms with E-state index in [9.17, 15) is 23.1 Å². The fraction of sp³-hybridized carbons (Fsp3) is 0.448. The Kier molecular flexibility index (Phi) is 12.3. The molecule has 10 nitrogen and oxygen atoms in total. The number of aliphatic hydroxyl groups excluding tert-OH is 1. The van der Waals surface area contributed by atoms with Gasteiger partial charge in [-0.05, 0) is 74.0 Å². The number of hydrogen-bond acceptors (Lipinski definition) is 8. The first-order valence-electron chi connectivity index (χ1n) is 13.6. The molecule has 1 aromatic heterocycles. The van der Waals surface area contributed by atoms with Crippen LogP contribution in [0.1, 0.15) is 62.7 Å². The highest BCUT2D eigenvalue weighted by Crippen LogP contribution is 2.29. The maximum atomic E-state index is 11.8. The number of nitrogens with one attached hydrogen (secondary N) is 2. The summed E-state index contributed by atoms with van der Waals surface area (Å²) in [6.45, 7) is 3.81. The summed E-state index contributed by atoms with van der Waals surface area (Å²) in [4.78, 5) is 26.0. The molecule has 5 N–H and O–H groups in total. The number of ether oxygens (including phenoxy) is 2. The van der Waals surface area contributed by atoms with Crippen LogP contribution in [-0.4, -0.2) is 50.8 Å². The van der Waals surface area contributed by atoms with Crippen molar-refractivity contribution in [1.29, 1.82) is 0 Å². The van der Waals surface area contributed by atoms with Gasteiger partial charge in [-0.1, -0.05) is 31.0 Å². The molecule has 3 aromatic rings. The second-order valence-electron chi connectivity index (χ2n) is 9.75. The van der Waals surface area contributed by atoms with Crippen molar-refractivity contribution >= 4 is 26.9 Å². The van der Waals surface area contributed by atoms with Crippen LogP contribution in [0, 0.1) is 0 Å². The minimum atomic E-state index is -3.67. The van der Waals surface area contributed by atoms with E-state index in [1.165, 1.54) is 19.1 Å². The quantitative estimate of drug-likeness (QED) is 0.109. The summed E-state index contributed by atoms with van der Waals surface area (Å²) in [5.74, 6) is -0.239. The van der Waals surface area contributed by atoms with Crippen LogP contribution in [0.15, 0.2) is 58.2 Å². The third kappa shape index (κ3) is 10.1. The van der Waals surface area contributed by atoms with E-state index < -0.39 is 22.1 Å². The van der Waals surface area contributed by atoms with Crippen LogP contribution in [0.4, 0.5) is 0 Å². The van der Waals surface area contributed by atoms with Gasteiger partial charge in [-0.3, -0.25) is 9.59 Å². The Bertz CT molecular complexity index is 1420. The number of H-pyrrole nitrogens is 1. The van der Waals surface area contributed by atoms with Crippen LogP contribution in [0.25, 0.3) is 10.9 Å². The third-order valence-corrected chi connectivity index (χ3v) is 7.38. The van der Waals surface area contributed by atoms with Gasteiger partial charge in [0.15, 0.2) is 5.75 Å². The predicted molar refractivity (Wildman–Crippen MR) is 154 cm³/mol. The zero-order chi connectivity index (χ0) is 29.0. The van der Waals surface area contributed by atoms with Crippen LogP contribution < -0.4 is 20.8 Å². The van der Waals surface area contributed by atoms with Gasteiger partial charge < -0.3 is 24.9 Å². The molecule has 0 saturated heterocycles. The molecule has 0 spiro atoms. The maximum Gasteiger partial charge on any atom is 0.308 e. The van der Waals surface area contributed by atoms with Gasteiger partial charge in [0, 0.05) is 38.1 Å². The molecule has 11 heteroatoms. The SMILES string of the molecule is CC(=O)Oc1ccc([C@@H](O)CNCCCCCCOCCCCc2cccc(S(N)(=O)=O)c2)c2ccc(=O)[nH]c12.